The van der Waals surface area contributed by atoms with E-state index in [1.165, 1.54) is 0 Å². The largest absolute Gasteiger partial charge is 0.397 e. The number of pyridine rings is 1. The summed E-state index contributed by atoms with van der Waals surface area (Å²) in [6.07, 6.45) is 4.90. The molecule has 1 amide bonds. The van der Waals surface area contributed by atoms with Gasteiger partial charge in [0.2, 0.25) is 0 Å². The van der Waals surface area contributed by atoms with Gasteiger partial charge in [-0.25, -0.2) is 0 Å². The second-order valence-electron chi connectivity index (χ2n) is 7.50. The van der Waals surface area contributed by atoms with Crippen molar-refractivity contribution in [2.45, 2.75) is 19.3 Å². The van der Waals surface area contributed by atoms with Crippen molar-refractivity contribution in [3.8, 4) is 10.4 Å². The maximum absolute atomic E-state index is 12.7. The SMILES string of the molecule is Nc1ccc(-c2cccs2)cc1NC(=O)c1ccc(CCC(=O)Cc2ccncc2)cc1. The number of nitrogen functional groups attached to an aromatic ring is 1. The van der Waals surface area contributed by atoms with E-state index in [2.05, 4.69) is 10.3 Å². The summed E-state index contributed by atoms with van der Waals surface area (Å²) in [5, 5.41) is 4.92. The van der Waals surface area contributed by atoms with Crippen molar-refractivity contribution in [2.24, 2.45) is 0 Å². The number of carbonyl (C=O) groups excluding carboxylic acids is 2. The number of thiophene rings is 1. The van der Waals surface area contributed by atoms with E-state index in [1.807, 2.05) is 53.9 Å². The summed E-state index contributed by atoms with van der Waals surface area (Å²) in [5.74, 6) is -0.0422. The molecule has 4 aromatic rings. The van der Waals surface area contributed by atoms with Crippen LogP contribution in [0.5, 0.6) is 0 Å². The third kappa shape index (κ3) is 5.47. The molecule has 0 unspecified atom stereocenters. The Bertz CT molecular complexity index is 1200. The van der Waals surface area contributed by atoms with Gasteiger partial charge in [0.15, 0.2) is 0 Å². The number of ketones is 1. The van der Waals surface area contributed by atoms with Crippen molar-refractivity contribution in [2.75, 3.05) is 11.1 Å². The number of rotatable bonds is 8. The summed E-state index contributed by atoms with van der Waals surface area (Å²) in [5.41, 5.74) is 10.7. The lowest BCUT2D eigenvalue weighted by molar-refractivity contribution is -0.118. The van der Waals surface area contributed by atoms with Crippen molar-refractivity contribution < 1.29 is 9.59 Å². The van der Waals surface area contributed by atoms with Gasteiger partial charge >= 0.3 is 0 Å². The highest BCUT2D eigenvalue weighted by Gasteiger charge is 2.11. The molecular weight excluding hydrogens is 418 g/mol. The van der Waals surface area contributed by atoms with E-state index in [0.29, 0.717) is 36.2 Å². The summed E-state index contributed by atoms with van der Waals surface area (Å²) in [6, 6.07) is 20.7. The maximum Gasteiger partial charge on any atom is 0.255 e. The lowest BCUT2D eigenvalue weighted by Gasteiger charge is -2.10. The molecule has 2 heterocycles. The molecule has 0 aliphatic heterocycles. The van der Waals surface area contributed by atoms with E-state index in [0.717, 1.165) is 21.6 Å². The number of carbonyl (C=O) groups is 2. The van der Waals surface area contributed by atoms with Crippen LogP contribution in [0.15, 0.2) is 84.5 Å². The molecule has 6 heteroatoms. The van der Waals surface area contributed by atoms with Crippen LogP contribution in [0.25, 0.3) is 10.4 Å². The lowest BCUT2D eigenvalue weighted by atomic mass is 10.0. The molecule has 0 spiro atoms. The number of aryl methyl sites for hydroxylation is 1. The van der Waals surface area contributed by atoms with Gasteiger partial charge in [-0.05, 0) is 71.0 Å². The molecule has 0 radical (unpaired) electrons. The summed E-state index contributed by atoms with van der Waals surface area (Å²) < 4.78 is 0. The van der Waals surface area contributed by atoms with E-state index >= 15 is 0 Å². The fraction of sp³-hybridized carbons (Fsp3) is 0.115. The monoisotopic (exact) mass is 441 g/mol. The van der Waals surface area contributed by atoms with E-state index in [4.69, 9.17) is 5.73 Å². The van der Waals surface area contributed by atoms with Crippen LogP contribution in [-0.2, 0) is 17.6 Å². The van der Waals surface area contributed by atoms with Crippen LogP contribution in [0.2, 0.25) is 0 Å². The third-order valence-corrected chi connectivity index (χ3v) is 6.09. The Morgan fingerprint density at radius 1 is 0.938 bits per heavy atom. The van der Waals surface area contributed by atoms with Crippen LogP contribution < -0.4 is 11.1 Å². The molecule has 160 valence electrons. The number of aromatic nitrogens is 1. The van der Waals surface area contributed by atoms with Crippen LogP contribution in [0.4, 0.5) is 11.4 Å². The minimum absolute atomic E-state index is 0.180. The first-order chi connectivity index (χ1) is 15.6. The summed E-state index contributed by atoms with van der Waals surface area (Å²) in [7, 11) is 0. The summed E-state index contributed by atoms with van der Waals surface area (Å²) >= 11 is 1.63. The van der Waals surface area contributed by atoms with Gasteiger partial charge in [0.05, 0.1) is 11.4 Å². The quantitative estimate of drug-likeness (QED) is 0.359. The average molecular weight is 442 g/mol. The zero-order valence-electron chi connectivity index (χ0n) is 17.5. The average Bonchev–Trinajstić information content (AvgIpc) is 3.35. The Balaban J connectivity index is 1.35. The fourth-order valence-corrected chi connectivity index (χ4v) is 4.10. The third-order valence-electron chi connectivity index (χ3n) is 5.17. The Morgan fingerprint density at radius 2 is 1.72 bits per heavy atom. The van der Waals surface area contributed by atoms with Gasteiger partial charge in [-0.3, -0.25) is 14.6 Å². The fourth-order valence-electron chi connectivity index (χ4n) is 3.38. The van der Waals surface area contributed by atoms with Crippen LogP contribution in [0.3, 0.4) is 0 Å². The van der Waals surface area contributed by atoms with Gasteiger partial charge in [-0.1, -0.05) is 24.3 Å². The smallest absolute Gasteiger partial charge is 0.255 e. The molecule has 2 aromatic heterocycles. The molecule has 0 aliphatic carbocycles. The van der Waals surface area contributed by atoms with Gasteiger partial charge in [-0.2, -0.15) is 0 Å². The van der Waals surface area contributed by atoms with Gasteiger partial charge in [0, 0.05) is 35.7 Å². The Kier molecular flexibility index (Phi) is 6.72. The van der Waals surface area contributed by atoms with E-state index in [-0.39, 0.29) is 11.7 Å². The van der Waals surface area contributed by atoms with Crippen LogP contribution in [0.1, 0.15) is 27.9 Å². The highest BCUT2D eigenvalue weighted by molar-refractivity contribution is 7.13. The van der Waals surface area contributed by atoms with Gasteiger partial charge in [0.1, 0.15) is 5.78 Å². The first-order valence-corrected chi connectivity index (χ1v) is 11.2. The van der Waals surface area contributed by atoms with E-state index < -0.39 is 0 Å². The summed E-state index contributed by atoms with van der Waals surface area (Å²) in [4.78, 5) is 30.0. The molecule has 0 saturated heterocycles. The van der Waals surface area contributed by atoms with Gasteiger partial charge in [-0.15, -0.1) is 11.3 Å². The highest BCUT2D eigenvalue weighted by Crippen LogP contribution is 2.30. The molecule has 0 fully saturated rings. The molecule has 0 bridgehead atoms. The van der Waals surface area contributed by atoms with E-state index in [9.17, 15) is 9.59 Å². The number of Topliss-reactive ketones (excluding diaryl/α,β-unsaturated/α-hetero) is 1. The van der Waals surface area contributed by atoms with Crippen LogP contribution in [-0.4, -0.2) is 16.7 Å². The van der Waals surface area contributed by atoms with Gasteiger partial charge < -0.3 is 11.1 Å². The molecule has 5 nitrogen and oxygen atoms in total. The van der Waals surface area contributed by atoms with Crippen LogP contribution >= 0.6 is 11.3 Å². The summed E-state index contributed by atoms with van der Waals surface area (Å²) in [6.45, 7) is 0. The Hall–Kier alpha value is -3.77. The predicted molar refractivity (Wildman–Crippen MR) is 130 cm³/mol. The van der Waals surface area contributed by atoms with Crippen molar-refractivity contribution in [1.29, 1.82) is 0 Å². The number of benzene rings is 2. The van der Waals surface area contributed by atoms with Crippen molar-refractivity contribution in [3.63, 3.8) is 0 Å². The molecule has 4 rings (SSSR count). The first kappa shape index (κ1) is 21.5. The zero-order chi connectivity index (χ0) is 22.3. The second kappa shape index (κ2) is 10.0. The number of nitrogens with zero attached hydrogens (tertiary/aromatic N) is 1. The number of nitrogens with two attached hydrogens (primary N) is 1. The predicted octanol–water partition coefficient (Wildman–Crippen LogP) is 5.39. The Morgan fingerprint density at radius 3 is 2.44 bits per heavy atom. The minimum Gasteiger partial charge on any atom is -0.397 e. The molecule has 0 atom stereocenters. The molecule has 2 aromatic carbocycles. The molecule has 0 saturated carbocycles. The van der Waals surface area contributed by atoms with Crippen molar-refractivity contribution >= 4 is 34.4 Å². The number of hydrogen-bond donors (Lipinski definition) is 2. The topological polar surface area (TPSA) is 85.1 Å². The second-order valence-corrected chi connectivity index (χ2v) is 8.45. The number of nitrogens with one attached hydrogen (secondary N) is 1. The standard InChI is InChI=1S/C26H23N3O2S/c27-23-10-8-21(25-2-1-15-32-25)17-24(23)29-26(31)20-6-3-18(4-7-20)5-9-22(30)16-19-11-13-28-14-12-19/h1-4,6-8,10-15,17H,5,9,16,27H2,(H,29,31). The number of anilines is 2. The number of hydrogen-bond acceptors (Lipinski definition) is 5. The van der Waals surface area contributed by atoms with Crippen molar-refractivity contribution in [3.05, 3.63) is 101 Å². The van der Waals surface area contributed by atoms with E-state index in [1.54, 1.807) is 41.9 Å². The number of amides is 1. The molecular formula is C26H23N3O2S. The highest BCUT2D eigenvalue weighted by atomic mass is 32.1. The minimum atomic E-state index is -0.222. The van der Waals surface area contributed by atoms with Crippen molar-refractivity contribution in [1.82, 2.24) is 4.98 Å². The van der Waals surface area contributed by atoms with Gasteiger partial charge in [0.25, 0.3) is 5.91 Å². The lowest BCUT2D eigenvalue weighted by Crippen LogP contribution is -2.13. The molecule has 0 aliphatic rings. The van der Waals surface area contributed by atoms with Crippen LogP contribution in [0, 0.1) is 0 Å². The Labute approximate surface area is 191 Å². The first-order valence-electron chi connectivity index (χ1n) is 10.3. The maximum atomic E-state index is 12.7. The molecule has 32 heavy (non-hydrogen) atoms. The zero-order valence-corrected chi connectivity index (χ0v) is 18.3. The molecule has 3 N–H and O–H groups in total. The normalized spacial score (nSPS) is 10.6.